The Hall–Kier alpha value is -1.78. The molecule has 11 nitrogen and oxygen atoms in total. The number of phosphoric ester groups is 1. The van der Waals surface area contributed by atoms with E-state index in [-0.39, 0.29) is 12.8 Å². The summed E-state index contributed by atoms with van der Waals surface area (Å²) in [5.74, 6) is -2.35. The zero-order valence-corrected chi connectivity index (χ0v) is 42.3. The first-order valence-electron chi connectivity index (χ1n) is 26.7. The molecule has 0 aliphatic heterocycles. The molecule has 0 aromatic carbocycles. The van der Waals surface area contributed by atoms with E-state index in [4.69, 9.17) is 13.8 Å². The Morgan fingerprint density at radius 2 is 0.812 bits per heavy atom. The number of rotatable bonds is 51. The second-order valence-electron chi connectivity index (χ2n) is 18.4. The molecule has 0 aromatic rings. The van der Waals surface area contributed by atoms with Gasteiger partial charge in [-0.15, -0.1) is 0 Å². The number of carbonyl (C=O) groups excluding carboxylic acids is 2. The minimum absolute atomic E-state index is 0.149. The monoisotopic (exact) mass is 930 g/mol. The van der Waals surface area contributed by atoms with Crippen molar-refractivity contribution in [2.24, 2.45) is 0 Å². The summed E-state index contributed by atoms with van der Waals surface area (Å²) < 4.78 is 27.0. The maximum absolute atomic E-state index is 12.4. The lowest BCUT2D eigenvalue weighted by Gasteiger charge is -2.18. The summed E-state index contributed by atoms with van der Waals surface area (Å²) in [5, 5.41) is 21.9. The summed E-state index contributed by atoms with van der Waals surface area (Å²) >= 11 is 0. The van der Waals surface area contributed by atoms with Gasteiger partial charge in [-0.05, 0) is 38.5 Å². The van der Waals surface area contributed by atoms with Crippen molar-refractivity contribution in [3.8, 4) is 0 Å². The number of unbranched alkanes of at least 4 members (excludes halogenated alkanes) is 35. The van der Waals surface area contributed by atoms with Crippen molar-refractivity contribution in [2.45, 2.75) is 283 Å². The average Bonchev–Trinajstić information content (AvgIpc) is 3.27. The van der Waals surface area contributed by atoms with E-state index in [1.165, 1.54) is 193 Å². The van der Waals surface area contributed by atoms with Gasteiger partial charge in [-0.1, -0.05) is 231 Å². The molecule has 0 aromatic heterocycles. The van der Waals surface area contributed by atoms with Crippen LogP contribution in [-0.4, -0.2) is 64.9 Å². The van der Waals surface area contributed by atoms with Gasteiger partial charge in [-0.25, -0.2) is 9.36 Å². The highest BCUT2D eigenvalue weighted by molar-refractivity contribution is 7.47. The Morgan fingerprint density at radius 3 is 1.19 bits per heavy atom. The first kappa shape index (κ1) is 62.2. The summed E-state index contributed by atoms with van der Waals surface area (Å²) in [7, 11) is -4.76. The Kier molecular flexibility index (Phi) is 46.4. The molecule has 0 spiro atoms. The van der Waals surface area contributed by atoms with Crippen LogP contribution in [-0.2, 0) is 32.7 Å². The van der Waals surface area contributed by atoms with E-state index in [2.05, 4.69) is 31.3 Å². The van der Waals surface area contributed by atoms with Gasteiger partial charge in [0.2, 0.25) is 5.91 Å². The molecule has 12 heteroatoms. The normalized spacial score (nSPS) is 13.6. The van der Waals surface area contributed by atoms with Gasteiger partial charge in [-0.3, -0.25) is 18.6 Å². The number of carboxylic acid groups (broad SMARTS) is 1. The van der Waals surface area contributed by atoms with Crippen LogP contribution < -0.4 is 5.32 Å². The maximum atomic E-state index is 12.4. The van der Waals surface area contributed by atoms with Gasteiger partial charge >= 0.3 is 19.8 Å². The van der Waals surface area contributed by atoms with E-state index < -0.39 is 57.6 Å². The minimum atomic E-state index is -4.76. The fourth-order valence-corrected chi connectivity index (χ4v) is 8.67. The number of hydrogen-bond acceptors (Lipinski definition) is 8. The molecule has 0 heterocycles. The molecule has 3 atom stereocenters. The molecule has 0 radical (unpaired) electrons. The number of amides is 1. The molecule has 0 rings (SSSR count). The van der Waals surface area contributed by atoms with Gasteiger partial charge in [-0.2, -0.15) is 0 Å². The van der Waals surface area contributed by atoms with Crippen LogP contribution in [0, 0.1) is 0 Å². The number of aliphatic hydroxyl groups is 1. The Morgan fingerprint density at radius 1 is 0.484 bits per heavy atom. The lowest BCUT2D eigenvalue weighted by molar-refractivity contribution is -0.147. The zero-order valence-electron chi connectivity index (χ0n) is 41.4. The molecule has 0 saturated heterocycles. The van der Waals surface area contributed by atoms with Crippen LogP contribution in [0.4, 0.5) is 0 Å². The zero-order chi connectivity index (χ0) is 47.0. The fourth-order valence-electron chi connectivity index (χ4n) is 7.90. The highest BCUT2D eigenvalue weighted by atomic mass is 31.2. The summed E-state index contributed by atoms with van der Waals surface area (Å²) in [6.07, 6.45) is 50.9. The van der Waals surface area contributed by atoms with Gasteiger partial charge in [0.05, 0.1) is 13.2 Å². The average molecular weight is 930 g/mol. The number of esters is 1. The Balaban J connectivity index is 3.78. The molecule has 0 bridgehead atoms. The van der Waals surface area contributed by atoms with E-state index in [1.54, 1.807) is 0 Å². The standard InChI is InChI=1S/C52H100NO10P/c1-3-5-7-9-11-13-15-17-19-21-23-24-26-27-29-31-33-35-37-39-41-43-50(55)53-49(52(57)58)47-63-64(59,60)62-46-48(54)45-61-51(56)44-42-40-38-36-34-32-30-28-25-22-20-18-16-14-12-10-8-6-4-2/h17,19,48-49,54H,3-16,18,20-47H2,1-2H3,(H,53,55)(H,57,58)(H,59,60)/b19-17+. The number of allylic oxidation sites excluding steroid dienone is 2. The van der Waals surface area contributed by atoms with Gasteiger partial charge in [0, 0.05) is 12.8 Å². The molecule has 0 aliphatic carbocycles. The smallest absolute Gasteiger partial charge is 0.472 e. The molecule has 0 aliphatic rings. The molecular weight excluding hydrogens is 830 g/mol. The summed E-state index contributed by atoms with van der Waals surface area (Å²) in [6.45, 7) is 2.65. The van der Waals surface area contributed by atoms with E-state index in [0.29, 0.717) is 12.8 Å². The molecule has 4 N–H and O–H groups in total. The van der Waals surface area contributed by atoms with Crippen LogP contribution in [0.2, 0.25) is 0 Å². The van der Waals surface area contributed by atoms with E-state index in [1.807, 2.05) is 0 Å². The number of nitrogens with one attached hydrogen (secondary N) is 1. The van der Waals surface area contributed by atoms with Crippen molar-refractivity contribution < 1.29 is 47.8 Å². The third-order valence-electron chi connectivity index (χ3n) is 12.1. The summed E-state index contributed by atoms with van der Waals surface area (Å²) in [6, 6.07) is -1.54. The van der Waals surface area contributed by atoms with E-state index >= 15 is 0 Å². The SMILES string of the molecule is CCCCCCCC/C=C/CCCCCCCCCCCCCC(=O)NC(COP(=O)(O)OCC(O)COC(=O)CCCCCCCCCCCCCCCCCCCCC)C(=O)O. The first-order valence-corrected chi connectivity index (χ1v) is 28.2. The number of phosphoric acid groups is 1. The Labute approximate surface area is 392 Å². The number of aliphatic carboxylic acids is 1. The molecule has 1 amide bonds. The number of ether oxygens (including phenoxy) is 1. The van der Waals surface area contributed by atoms with Gasteiger partial charge in [0.1, 0.15) is 12.7 Å². The number of hydrogen-bond donors (Lipinski definition) is 4. The quantitative estimate of drug-likeness (QED) is 0.0199. The van der Waals surface area contributed by atoms with Gasteiger partial charge < -0.3 is 25.2 Å². The predicted octanol–water partition coefficient (Wildman–Crippen LogP) is 14.8. The van der Waals surface area contributed by atoms with Crippen LogP contribution >= 0.6 is 7.82 Å². The second-order valence-corrected chi connectivity index (χ2v) is 19.9. The second kappa shape index (κ2) is 47.7. The van der Waals surface area contributed by atoms with Crippen LogP contribution in [0.25, 0.3) is 0 Å². The van der Waals surface area contributed by atoms with Crippen molar-refractivity contribution >= 4 is 25.7 Å². The van der Waals surface area contributed by atoms with E-state index in [0.717, 1.165) is 38.5 Å². The highest BCUT2D eigenvalue weighted by Crippen LogP contribution is 2.43. The molecule has 3 unspecified atom stereocenters. The highest BCUT2D eigenvalue weighted by Gasteiger charge is 2.28. The van der Waals surface area contributed by atoms with Crippen molar-refractivity contribution in [2.75, 3.05) is 19.8 Å². The van der Waals surface area contributed by atoms with Crippen molar-refractivity contribution in [3.63, 3.8) is 0 Å². The maximum Gasteiger partial charge on any atom is 0.472 e. The van der Waals surface area contributed by atoms with Gasteiger partial charge in [0.15, 0.2) is 6.04 Å². The topological polar surface area (TPSA) is 169 Å². The molecule has 0 fully saturated rings. The largest absolute Gasteiger partial charge is 0.480 e. The number of carbonyl (C=O) groups is 3. The van der Waals surface area contributed by atoms with Crippen LogP contribution in [0.15, 0.2) is 12.2 Å². The van der Waals surface area contributed by atoms with Crippen molar-refractivity contribution in [3.05, 3.63) is 12.2 Å². The minimum Gasteiger partial charge on any atom is -0.480 e. The van der Waals surface area contributed by atoms with Gasteiger partial charge in [0.25, 0.3) is 0 Å². The molecular formula is C52H100NO10P. The number of aliphatic hydroxyl groups excluding tert-OH is 1. The first-order chi connectivity index (χ1) is 31.1. The lowest BCUT2D eigenvalue weighted by Crippen LogP contribution is -2.43. The van der Waals surface area contributed by atoms with Crippen LogP contribution in [0.1, 0.15) is 271 Å². The summed E-state index contributed by atoms with van der Waals surface area (Å²) in [4.78, 5) is 46.2. The van der Waals surface area contributed by atoms with E-state index in [9.17, 15) is 34.1 Å². The summed E-state index contributed by atoms with van der Waals surface area (Å²) in [5.41, 5.74) is 0. The van der Waals surface area contributed by atoms with Crippen LogP contribution in [0.5, 0.6) is 0 Å². The molecule has 378 valence electrons. The fraction of sp³-hybridized carbons (Fsp3) is 0.904. The lowest BCUT2D eigenvalue weighted by atomic mass is 10.0. The molecule has 64 heavy (non-hydrogen) atoms. The molecule has 0 saturated carbocycles. The number of carboxylic acids is 1. The third kappa shape index (κ3) is 46.7. The van der Waals surface area contributed by atoms with Crippen LogP contribution in [0.3, 0.4) is 0 Å². The van der Waals surface area contributed by atoms with Crippen molar-refractivity contribution in [1.82, 2.24) is 5.32 Å². The predicted molar refractivity (Wildman–Crippen MR) is 263 cm³/mol. The third-order valence-corrected chi connectivity index (χ3v) is 13.0. The van der Waals surface area contributed by atoms with Crippen molar-refractivity contribution in [1.29, 1.82) is 0 Å². The Bertz CT molecular complexity index is 1140.